The Morgan fingerprint density at radius 1 is 1.25 bits per heavy atom. The van der Waals surface area contributed by atoms with Crippen LogP contribution in [0.5, 0.6) is 0 Å². The highest BCUT2D eigenvalue weighted by molar-refractivity contribution is 5.74. The third-order valence-electron chi connectivity index (χ3n) is 4.19. The van der Waals surface area contributed by atoms with E-state index >= 15 is 0 Å². The maximum atomic E-state index is 11.9. The Labute approximate surface area is 121 Å². The van der Waals surface area contributed by atoms with Gasteiger partial charge in [0.05, 0.1) is 5.92 Å². The molecule has 1 aliphatic carbocycles. The van der Waals surface area contributed by atoms with E-state index in [0.29, 0.717) is 6.54 Å². The van der Waals surface area contributed by atoms with Crippen LogP contribution in [0.1, 0.15) is 51.9 Å². The fraction of sp³-hybridized carbons (Fsp3) is 0.867. The summed E-state index contributed by atoms with van der Waals surface area (Å²) in [5, 5.41) is 12.1. The fourth-order valence-electron chi connectivity index (χ4n) is 2.83. The number of carboxylic acids is 1. The SMILES string of the molecule is CCCCCN(C)C(=O)NCC1CCCCC1C(=O)O. The van der Waals surface area contributed by atoms with Crippen molar-refractivity contribution in [2.45, 2.75) is 51.9 Å². The van der Waals surface area contributed by atoms with Crippen molar-refractivity contribution in [2.75, 3.05) is 20.1 Å². The van der Waals surface area contributed by atoms with E-state index < -0.39 is 5.97 Å². The number of unbranched alkanes of at least 4 members (excludes halogenated alkanes) is 2. The van der Waals surface area contributed by atoms with Crippen LogP contribution < -0.4 is 5.32 Å². The third-order valence-corrected chi connectivity index (χ3v) is 4.19. The Morgan fingerprint density at radius 2 is 1.95 bits per heavy atom. The lowest BCUT2D eigenvalue weighted by atomic mass is 9.79. The van der Waals surface area contributed by atoms with E-state index in [0.717, 1.165) is 51.5 Å². The van der Waals surface area contributed by atoms with Crippen LogP contribution in [0.3, 0.4) is 0 Å². The summed E-state index contributed by atoms with van der Waals surface area (Å²) in [6, 6.07) is -0.0872. The zero-order valence-corrected chi connectivity index (χ0v) is 12.7. The number of carbonyl (C=O) groups excluding carboxylic acids is 1. The monoisotopic (exact) mass is 284 g/mol. The summed E-state index contributed by atoms with van der Waals surface area (Å²) in [4.78, 5) is 24.8. The Balaban J connectivity index is 2.33. The van der Waals surface area contributed by atoms with E-state index in [2.05, 4.69) is 12.2 Å². The molecule has 20 heavy (non-hydrogen) atoms. The minimum Gasteiger partial charge on any atom is -0.481 e. The maximum Gasteiger partial charge on any atom is 0.317 e. The van der Waals surface area contributed by atoms with Gasteiger partial charge in [-0.3, -0.25) is 4.79 Å². The second-order valence-corrected chi connectivity index (χ2v) is 5.80. The number of hydrogen-bond acceptors (Lipinski definition) is 2. The van der Waals surface area contributed by atoms with Crippen molar-refractivity contribution in [3.63, 3.8) is 0 Å². The fourth-order valence-corrected chi connectivity index (χ4v) is 2.83. The predicted molar refractivity (Wildman–Crippen MR) is 78.6 cm³/mol. The van der Waals surface area contributed by atoms with Crippen LogP contribution in [0.15, 0.2) is 0 Å². The first-order chi connectivity index (χ1) is 9.56. The number of amides is 2. The largest absolute Gasteiger partial charge is 0.481 e. The molecule has 116 valence electrons. The molecule has 0 heterocycles. The highest BCUT2D eigenvalue weighted by Crippen LogP contribution is 2.29. The normalized spacial score (nSPS) is 22.3. The predicted octanol–water partition coefficient (Wildman–Crippen LogP) is 2.71. The molecule has 5 heteroatoms. The zero-order valence-electron chi connectivity index (χ0n) is 12.7. The van der Waals surface area contributed by atoms with Gasteiger partial charge in [-0.1, -0.05) is 32.6 Å². The van der Waals surface area contributed by atoms with Crippen LogP contribution in [0.25, 0.3) is 0 Å². The second kappa shape index (κ2) is 8.82. The molecule has 1 fully saturated rings. The average Bonchev–Trinajstić information content (AvgIpc) is 2.45. The van der Waals surface area contributed by atoms with Crippen LogP contribution in [0.2, 0.25) is 0 Å². The van der Waals surface area contributed by atoms with Crippen molar-refractivity contribution in [1.82, 2.24) is 10.2 Å². The molecule has 0 radical (unpaired) electrons. The molecular formula is C15H28N2O3. The van der Waals surface area contributed by atoms with Crippen LogP contribution in [-0.4, -0.2) is 42.1 Å². The Bertz CT molecular complexity index is 320. The Kier molecular flexibility index (Phi) is 7.41. The van der Waals surface area contributed by atoms with Gasteiger partial charge in [0, 0.05) is 20.1 Å². The topological polar surface area (TPSA) is 69.6 Å². The van der Waals surface area contributed by atoms with Gasteiger partial charge in [0.2, 0.25) is 0 Å². The first kappa shape index (κ1) is 16.8. The average molecular weight is 284 g/mol. The quantitative estimate of drug-likeness (QED) is 0.706. The second-order valence-electron chi connectivity index (χ2n) is 5.80. The molecular weight excluding hydrogens is 256 g/mol. The van der Waals surface area contributed by atoms with Gasteiger partial charge in [0.15, 0.2) is 0 Å². The zero-order chi connectivity index (χ0) is 15.0. The van der Waals surface area contributed by atoms with Crippen molar-refractivity contribution < 1.29 is 14.7 Å². The van der Waals surface area contributed by atoms with Crippen LogP contribution in [-0.2, 0) is 4.79 Å². The number of nitrogens with zero attached hydrogens (tertiary/aromatic N) is 1. The molecule has 1 rings (SSSR count). The minimum atomic E-state index is -0.722. The molecule has 2 unspecified atom stereocenters. The van der Waals surface area contributed by atoms with Gasteiger partial charge in [-0.2, -0.15) is 0 Å². The number of hydrogen-bond donors (Lipinski definition) is 2. The minimum absolute atomic E-state index is 0.0780. The van der Waals surface area contributed by atoms with E-state index in [1.807, 2.05) is 0 Å². The van der Waals surface area contributed by atoms with E-state index in [9.17, 15) is 14.7 Å². The third kappa shape index (κ3) is 5.39. The van der Waals surface area contributed by atoms with Gasteiger partial charge < -0.3 is 15.3 Å². The van der Waals surface area contributed by atoms with Gasteiger partial charge in [-0.05, 0) is 25.2 Å². The molecule has 0 aromatic carbocycles. The van der Waals surface area contributed by atoms with Gasteiger partial charge in [0.1, 0.15) is 0 Å². The van der Waals surface area contributed by atoms with Gasteiger partial charge >= 0.3 is 12.0 Å². The number of nitrogens with one attached hydrogen (secondary N) is 1. The highest BCUT2D eigenvalue weighted by atomic mass is 16.4. The van der Waals surface area contributed by atoms with Crippen molar-refractivity contribution >= 4 is 12.0 Å². The van der Waals surface area contributed by atoms with Gasteiger partial charge in [-0.25, -0.2) is 4.79 Å². The van der Waals surface area contributed by atoms with Gasteiger partial charge in [-0.15, -0.1) is 0 Å². The molecule has 2 N–H and O–H groups in total. The summed E-state index contributed by atoms with van der Waals surface area (Å²) in [5.41, 5.74) is 0. The first-order valence-corrected chi connectivity index (χ1v) is 7.78. The molecule has 0 spiro atoms. The van der Waals surface area contributed by atoms with E-state index in [1.54, 1.807) is 11.9 Å². The van der Waals surface area contributed by atoms with Crippen molar-refractivity contribution in [3.8, 4) is 0 Å². The number of aliphatic carboxylic acids is 1. The van der Waals surface area contributed by atoms with E-state index in [1.165, 1.54) is 0 Å². The summed E-state index contributed by atoms with van der Waals surface area (Å²) < 4.78 is 0. The molecule has 1 saturated carbocycles. The highest BCUT2D eigenvalue weighted by Gasteiger charge is 2.30. The molecule has 1 aliphatic rings. The smallest absolute Gasteiger partial charge is 0.317 e. The Morgan fingerprint density at radius 3 is 2.60 bits per heavy atom. The van der Waals surface area contributed by atoms with E-state index in [4.69, 9.17) is 0 Å². The van der Waals surface area contributed by atoms with E-state index in [-0.39, 0.29) is 17.9 Å². The lowest BCUT2D eigenvalue weighted by Crippen LogP contribution is -2.42. The number of carbonyl (C=O) groups is 2. The lowest BCUT2D eigenvalue weighted by molar-refractivity contribution is -0.144. The molecule has 0 aliphatic heterocycles. The number of urea groups is 1. The maximum absolute atomic E-state index is 11.9. The molecule has 2 atom stereocenters. The molecule has 0 bridgehead atoms. The molecule has 0 saturated heterocycles. The van der Waals surface area contributed by atoms with Crippen molar-refractivity contribution in [3.05, 3.63) is 0 Å². The van der Waals surface area contributed by atoms with Crippen LogP contribution in [0.4, 0.5) is 4.79 Å². The summed E-state index contributed by atoms with van der Waals surface area (Å²) >= 11 is 0. The molecule has 5 nitrogen and oxygen atoms in total. The summed E-state index contributed by atoms with van der Waals surface area (Å²) in [5.74, 6) is -0.941. The van der Waals surface area contributed by atoms with Crippen molar-refractivity contribution in [1.29, 1.82) is 0 Å². The van der Waals surface area contributed by atoms with Crippen LogP contribution >= 0.6 is 0 Å². The molecule has 2 amide bonds. The molecule has 0 aromatic heterocycles. The van der Waals surface area contributed by atoms with Crippen LogP contribution in [0, 0.1) is 11.8 Å². The number of carboxylic acid groups (broad SMARTS) is 1. The standard InChI is InChI=1S/C15H28N2O3/c1-3-4-7-10-17(2)15(20)16-11-12-8-5-6-9-13(12)14(18)19/h12-13H,3-11H2,1-2H3,(H,16,20)(H,18,19). The molecule has 0 aromatic rings. The van der Waals surface area contributed by atoms with Crippen molar-refractivity contribution in [2.24, 2.45) is 11.8 Å². The Hall–Kier alpha value is -1.26. The summed E-state index contributed by atoms with van der Waals surface area (Å²) in [6.07, 6.45) is 6.97. The van der Waals surface area contributed by atoms with Gasteiger partial charge in [0.25, 0.3) is 0 Å². The lowest BCUT2D eigenvalue weighted by Gasteiger charge is -2.29. The number of rotatable bonds is 7. The summed E-state index contributed by atoms with van der Waals surface area (Å²) in [7, 11) is 1.79. The summed E-state index contributed by atoms with van der Waals surface area (Å²) in [6.45, 7) is 3.37. The first-order valence-electron chi connectivity index (χ1n) is 7.78.